The van der Waals surface area contributed by atoms with E-state index >= 15 is 0 Å². The number of aryl methyl sites for hydroxylation is 1. The monoisotopic (exact) mass is 363 g/mol. The van der Waals surface area contributed by atoms with Gasteiger partial charge in [-0.3, -0.25) is 4.79 Å². The Morgan fingerprint density at radius 1 is 1.15 bits per heavy atom. The number of hydrogen-bond acceptors (Lipinski definition) is 5. The van der Waals surface area contributed by atoms with Gasteiger partial charge in [0.15, 0.2) is 11.5 Å². The third kappa shape index (κ3) is 3.50. The van der Waals surface area contributed by atoms with E-state index in [0.717, 1.165) is 20.8 Å². The van der Waals surface area contributed by atoms with Crippen molar-refractivity contribution >= 4 is 27.5 Å². The predicted molar refractivity (Wildman–Crippen MR) is 102 cm³/mol. The third-order valence-corrected chi connectivity index (χ3v) is 5.14. The molecule has 2 heterocycles. The quantitative estimate of drug-likeness (QED) is 0.576. The molecule has 0 unspecified atom stereocenters. The first kappa shape index (κ1) is 16.5. The maximum atomic E-state index is 12.3. The minimum absolute atomic E-state index is 0.242. The Morgan fingerprint density at radius 3 is 2.77 bits per heavy atom. The molecule has 0 fully saturated rings. The van der Waals surface area contributed by atoms with Crippen LogP contribution in [0.5, 0.6) is 0 Å². The number of thiazole rings is 1. The van der Waals surface area contributed by atoms with E-state index in [4.69, 9.17) is 4.52 Å². The molecule has 26 heavy (non-hydrogen) atoms. The minimum atomic E-state index is -0.242. The summed E-state index contributed by atoms with van der Waals surface area (Å²) < 4.78 is 6.46. The van der Waals surface area contributed by atoms with Gasteiger partial charge in [0, 0.05) is 24.6 Å². The molecular weight excluding hydrogens is 346 g/mol. The largest absolute Gasteiger partial charge is 0.355 e. The zero-order chi connectivity index (χ0) is 17.9. The van der Waals surface area contributed by atoms with Gasteiger partial charge in [-0.15, -0.1) is 11.3 Å². The number of carbonyl (C=O) groups is 1. The van der Waals surface area contributed by atoms with Crippen molar-refractivity contribution in [2.45, 2.75) is 13.3 Å². The lowest BCUT2D eigenvalue weighted by molar-refractivity contribution is 0.0945. The van der Waals surface area contributed by atoms with E-state index in [1.807, 2.05) is 49.4 Å². The molecule has 0 saturated carbocycles. The summed E-state index contributed by atoms with van der Waals surface area (Å²) in [4.78, 5) is 16.8. The number of aromatic nitrogens is 2. The van der Waals surface area contributed by atoms with Gasteiger partial charge in [-0.2, -0.15) is 0 Å². The van der Waals surface area contributed by atoms with Crippen LogP contribution >= 0.6 is 11.3 Å². The molecule has 1 N–H and O–H groups in total. The molecule has 2 aromatic heterocycles. The van der Waals surface area contributed by atoms with Crippen LogP contribution in [-0.4, -0.2) is 22.6 Å². The summed E-state index contributed by atoms with van der Waals surface area (Å²) in [7, 11) is 0. The standard InChI is InChI=1S/C20H17N3O2S/c1-13-6-8-14(9-7-13)17-12-16(23-25-17)20(24)21-11-10-19-22-15-4-2-3-5-18(15)26-19/h2-9,12H,10-11H2,1H3,(H,21,24). The second kappa shape index (κ2) is 7.09. The first-order chi connectivity index (χ1) is 12.7. The normalized spacial score (nSPS) is 11.0. The van der Waals surface area contributed by atoms with Crippen LogP contribution in [0, 0.1) is 6.92 Å². The van der Waals surface area contributed by atoms with E-state index in [1.165, 1.54) is 5.56 Å². The molecule has 0 aliphatic rings. The van der Waals surface area contributed by atoms with Crippen LogP contribution in [-0.2, 0) is 6.42 Å². The lowest BCUT2D eigenvalue weighted by Gasteiger charge is -2.00. The Labute approximate surface area is 154 Å². The van der Waals surface area contributed by atoms with Gasteiger partial charge >= 0.3 is 0 Å². The molecule has 5 nitrogen and oxygen atoms in total. The molecule has 0 aliphatic heterocycles. The fourth-order valence-electron chi connectivity index (χ4n) is 2.64. The molecule has 0 bridgehead atoms. The summed E-state index contributed by atoms with van der Waals surface area (Å²) in [5, 5.41) is 7.75. The number of nitrogens with zero attached hydrogens (tertiary/aromatic N) is 2. The van der Waals surface area contributed by atoms with E-state index < -0.39 is 0 Å². The minimum Gasteiger partial charge on any atom is -0.355 e. The van der Waals surface area contributed by atoms with Crippen LogP contribution < -0.4 is 5.32 Å². The van der Waals surface area contributed by atoms with Crippen molar-refractivity contribution in [2.75, 3.05) is 6.54 Å². The van der Waals surface area contributed by atoms with Crippen LogP contribution in [0.4, 0.5) is 0 Å². The highest BCUT2D eigenvalue weighted by atomic mass is 32.1. The van der Waals surface area contributed by atoms with Crippen LogP contribution in [0.15, 0.2) is 59.1 Å². The highest BCUT2D eigenvalue weighted by molar-refractivity contribution is 7.18. The second-order valence-electron chi connectivity index (χ2n) is 6.02. The Morgan fingerprint density at radius 2 is 1.96 bits per heavy atom. The summed E-state index contributed by atoms with van der Waals surface area (Å²) in [6, 6.07) is 17.6. The molecule has 1 amide bonds. The maximum absolute atomic E-state index is 12.3. The Hall–Kier alpha value is -2.99. The molecule has 0 atom stereocenters. The lowest BCUT2D eigenvalue weighted by atomic mass is 10.1. The smallest absolute Gasteiger partial charge is 0.273 e. The summed E-state index contributed by atoms with van der Waals surface area (Å²) >= 11 is 1.65. The van der Waals surface area contributed by atoms with Crippen molar-refractivity contribution in [3.05, 3.63) is 70.9 Å². The summed E-state index contributed by atoms with van der Waals surface area (Å²) in [6.07, 6.45) is 0.688. The number of nitrogens with one attached hydrogen (secondary N) is 1. The van der Waals surface area contributed by atoms with Gasteiger partial charge in [-0.1, -0.05) is 47.1 Å². The van der Waals surface area contributed by atoms with Gasteiger partial charge in [0.1, 0.15) is 0 Å². The fourth-order valence-corrected chi connectivity index (χ4v) is 3.60. The molecular formula is C20H17N3O2S. The number of para-hydroxylation sites is 1. The van der Waals surface area contributed by atoms with E-state index in [-0.39, 0.29) is 11.6 Å². The first-order valence-electron chi connectivity index (χ1n) is 8.35. The molecule has 0 saturated heterocycles. The Kier molecular flexibility index (Phi) is 4.50. The highest BCUT2D eigenvalue weighted by Gasteiger charge is 2.13. The number of hydrogen-bond donors (Lipinski definition) is 1. The van der Waals surface area contributed by atoms with Crippen molar-refractivity contribution in [3.8, 4) is 11.3 Å². The number of carbonyl (C=O) groups excluding carboxylic acids is 1. The van der Waals surface area contributed by atoms with Crippen LogP contribution in [0.25, 0.3) is 21.5 Å². The van der Waals surface area contributed by atoms with Gasteiger partial charge in [-0.05, 0) is 19.1 Å². The van der Waals surface area contributed by atoms with Gasteiger partial charge in [0.2, 0.25) is 0 Å². The summed E-state index contributed by atoms with van der Waals surface area (Å²) in [5.74, 6) is 0.342. The van der Waals surface area contributed by atoms with Gasteiger partial charge in [0.05, 0.1) is 15.2 Å². The van der Waals surface area contributed by atoms with Gasteiger partial charge in [-0.25, -0.2) is 4.98 Å². The third-order valence-electron chi connectivity index (χ3n) is 4.04. The van der Waals surface area contributed by atoms with Gasteiger partial charge < -0.3 is 9.84 Å². The van der Waals surface area contributed by atoms with E-state index in [0.29, 0.717) is 18.7 Å². The SMILES string of the molecule is Cc1ccc(-c2cc(C(=O)NCCc3nc4ccccc4s3)no2)cc1. The van der Waals surface area contributed by atoms with Crippen LogP contribution in [0.3, 0.4) is 0 Å². The van der Waals surface area contributed by atoms with Crippen molar-refractivity contribution in [1.82, 2.24) is 15.5 Å². The van der Waals surface area contributed by atoms with Crippen molar-refractivity contribution in [3.63, 3.8) is 0 Å². The van der Waals surface area contributed by atoms with E-state index in [9.17, 15) is 4.79 Å². The highest BCUT2D eigenvalue weighted by Crippen LogP contribution is 2.22. The van der Waals surface area contributed by atoms with Gasteiger partial charge in [0.25, 0.3) is 5.91 Å². The number of benzene rings is 2. The molecule has 130 valence electrons. The van der Waals surface area contributed by atoms with Crippen molar-refractivity contribution in [2.24, 2.45) is 0 Å². The van der Waals surface area contributed by atoms with Crippen LogP contribution in [0.1, 0.15) is 21.1 Å². The second-order valence-corrected chi connectivity index (χ2v) is 7.14. The fraction of sp³-hybridized carbons (Fsp3) is 0.150. The van der Waals surface area contributed by atoms with Crippen molar-refractivity contribution < 1.29 is 9.32 Å². The Bertz CT molecular complexity index is 1020. The molecule has 4 rings (SSSR count). The number of rotatable bonds is 5. The first-order valence-corrected chi connectivity index (χ1v) is 9.17. The molecule has 0 radical (unpaired) electrons. The molecule has 6 heteroatoms. The molecule has 0 aliphatic carbocycles. The summed E-state index contributed by atoms with van der Waals surface area (Å²) in [6.45, 7) is 2.53. The van der Waals surface area contributed by atoms with Crippen LogP contribution in [0.2, 0.25) is 0 Å². The number of fused-ring (bicyclic) bond motifs is 1. The summed E-state index contributed by atoms with van der Waals surface area (Å²) in [5.41, 5.74) is 3.35. The van der Waals surface area contributed by atoms with Crippen molar-refractivity contribution in [1.29, 1.82) is 0 Å². The lowest BCUT2D eigenvalue weighted by Crippen LogP contribution is -2.25. The number of amides is 1. The average Bonchev–Trinajstić information content (AvgIpc) is 3.29. The zero-order valence-electron chi connectivity index (χ0n) is 14.2. The topological polar surface area (TPSA) is 68.0 Å². The maximum Gasteiger partial charge on any atom is 0.273 e. The predicted octanol–water partition coefficient (Wildman–Crippen LogP) is 4.23. The molecule has 4 aromatic rings. The van der Waals surface area contributed by atoms with E-state index in [1.54, 1.807) is 17.4 Å². The molecule has 2 aromatic carbocycles. The zero-order valence-corrected chi connectivity index (χ0v) is 15.0. The Balaban J connectivity index is 1.37. The molecule has 0 spiro atoms. The average molecular weight is 363 g/mol. The van der Waals surface area contributed by atoms with E-state index in [2.05, 4.69) is 21.5 Å².